The molecule has 15 heavy (non-hydrogen) atoms. The minimum Gasteiger partial charge on any atom is -0.284 e. The molecule has 1 aromatic carbocycles. The standard InChI is InChI=1S/C10H5BClN3/c11-6-1-2-8-7(5-6)9(12)14-10-13-3-4-15(8)10/h1-5H. The molecular weight excluding hydrogens is 208 g/mol. The lowest BCUT2D eigenvalue weighted by Crippen LogP contribution is -2.02. The van der Waals surface area contributed by atoms with Crippen LogP contribution in [0.2, 0.25) is 5.15 Å². The average molecular weight is 213 g/mol. The highest BCUT2D eigenvalue weighted by Crippen LogP contribution is 2.21. The molecule has 2 heterocycles. The van der Waals surface area contributed by atoms with Gasteiger partial charge in [0.1, 0.15) is 13.0 Å². The summed E-state index contributed by atoms with van der Waals surface area (Å²) < 4.78 is 1.88. The number of fused-ring (bicyclic) bond motifs is 3. The van der Waals surface area contributed by atoms with Crippen LogP contribution in [-0.2, 0) is 0 Å². The van der Waals surface area contributed by atoms with Gasteiger partial charge in [0.25, 0.3) is 0 Å². The van der Waals surface area contributed by atoms with Crippen LogP contribution in [-0.4, -0.2) is 22.2 Å². The monoisotopic (exact) mass is 213 g/mol. The van der Waals surface area contributed by atoms with Crippen molar-refractivity contribution in [2.75, 3.05) is 0 Å². The molecule has 70 valence electrons. The van der Waals surface area contributed by atoms with Crippen molar-refractivity contribution in [3.05, 3.63) is 35.7 Å². The van der Waals surface area contributed by atoms with Crippen LogP contribution >= 0.6 is 11.6 Å². The lowest BCUT2D eigenvalue weighted by molar-refractivity contribution is 1.17. The van der Waals surface area contributed by atoms with Crippen LogP contribution in [0.1, 0.15) is 0 Å². The molecule has 0 aliphatic carbocycles. The lowest BCUT2D eigenvalue weighted by atomic mass is 9.95. The Bertz CT molecular complexity index is 662. The van der Waals surface area contributed by atoms with E-state index >= 15 is 0 Å². The highest BCUT2D eigenvalue weighted by molar-refractivity contribution is 6.37. The van der Waals surface area contributed by atoms with E-state index in [9.17, 15) is 0 Å². The van der Waals surface area contributed by atoms with Gasteiger partial charge in [0.2, 0.25) is 5.78 Å². The summed E-state index contributed by atoms with van der Waals surface area (Å²) in [7, 11) is 5.70. The molecule has 0 aliphatic heterocycles. The molecule has 0 amide bonds. The Kier molecular flexibility index (Phi) is 1.73. The third kappa shape index (κ3) is 1.22. The zero-order valence-corrected chi connectivity index (χ0v) is 8.44. The predicted octanol–water partition coefficient (Wildman–Crippen LogP) is 1.33. The van der Waals surface area contributed by atoms with E-state index in [1.54, 1.807) is 6.20 Å². The lowest BCUT2D eigenvalue weighted by Gasteiger charge is -2.04. The Labute approximate surface area is 92.1 Å². The van der Waals surface area contributed by atoms with Crippen molar-refractivity contribution >= 4 is 41.6 Å². The number of benzene rings is 1. The van der Waals surface area contributed by atoms with Crippen molar-refractivity contribution in [1.82, 2.24) is 14.4 Å². The summed E-state index contributed by atoms with van der Waals surface area (Å²) in [4.78, 5) is 8.25. The third-order valence-corrected chi connectivity index (χ3v) is 2.61. The minimum atomic E-state index is 0.427. The van der Waals surface area contributed by atoms with Crippen molar-refractivity contribution in [1.29, 1.82) is 0 Å². The summed E-state index contributed by atoms with van der Waals surface area (Å²) >= 11 is 6.04. The Hall–Kier alpha value is -1.55. The molecule has 2 aromatic heterocycles. The summed E-state index contributed by atoms with van der Waals surface area (Å²) in [5.41, 5.74) is 1.63. The van der Waals surface area contributed by atoms with Gasteiger partial charge in [0.05, 0.1) is 5.52 Å². The molecule has 0 fully saturated rings. The number of aromatic nitrogens is 3. The number of hydrogen-bond acceptors (Lipinski definition) is 2. The van der Waals surface area contributed by atoms with Gasteiger partial charge < -0.3 is 0 Å². The minimum absolute atomic E-state index is 0.427. The van der Waals surface area contributed by atoms with E-state index in [1.807, 2.05) is 28.8 Å². The topological polar surface area (TPSA) is 30.2 Å². The highest BCUT2D eigenvalue weighted by atomic mass is 35.5. The second-order valence-electron chi connectivity index (χ2n) is 3.28. The second-order valence-corrected chi connectivity index (χ2v) is 3.63. The van der Waals surface area contributed by atoms with E-state index < -0.39 is 0 Å². The number of imidazole rings is 1. The number of rotatable bonds is 0. The average Bonchev–Trinajstić information content (AvgIpc) is 2.66. The first kappa shape index (κ1) is 8.74. The first-order valence-corrected chi connectivity index (χ1v) is 4.81. The number of halogens is 1. The van der Waals surface area contributed by atoms with E-state index in [-0.39, 0.29) is 0 Å². The molecule has 0 saturated heterocycles. The SMILES string of the molecule is [B]c1ccc2c(c1)c(Cl)nc1nccn12. The Morgan fingerprint density at radius 2 is 2.20 bits per heavy atom. The molecular formula is C10H5BClN3. The van der Waals surface area contributed by atoms with Crippen molar-refractivity contribution in [3.63, 3.8) is 0 Å². The first-order valence-electron chi connectivity index (χ1n) is 4.43. The molecule has 0 saturated carbocycles. The van der Waals surface area contributed by atoms with E-state index in [4.69, 9.17) is 19.4 Å². The van der Waals surface area contributed by atoms with Crippen LogP contribution in [0.25, 0.3) is 16.7 Å². The quantitative estimate of drug-likeness (QED) is 0.417. The van der Waals surface area contributed by atoms with Crippen LogP contribution < -0.4 is 5.46 Å². The molecule has 3 aromatic rings. The third-order valence-electron chi connectivity index (χ3n) is 2.32. The first-order chi connectivity index (χ1) is 7.25. The summed E-state index contributed by atoms with van der Waals surface area (Å²) in [5, 5.41) is 1.26. The molecule has 2 radical (unpaired) electrons. The Morgan fingerprint density at radius 1 is 1.33 bits per heavy atom. The zero-order valence-electron chi connectivity index (χ0n) is 7.68. The molecule has 0 unspecified atom stereocenters. The summed E-state index contributed by atoms with van der Waals surface area (Å²) in [6, 6.07) is 5.55. The van der Waals surface area contributed by atoms with Gasteiger partial charge >= 0.3 is 0 Å². The predicted molar refractivity (Wildman–Crippen MR) is 60.9 cm³/mol. The molecule has 0 spiro atoms. The molecule has 0 bridgehead atoms. The molecule has 0 N–H and O–H groups in total. The molecule has 3 rings (SSSR count). The van der Waals surface area contributed by atoms with Crippen molar-refractivity contribution < 1.29 is 0 Å². The normalized spacial score (nSPS) is 11.3. The summed E-state index contributed by atoms with van der Waals surface area (Å²) in [5.74, 6) is 0.595. The van der Waals surface area contributed by atoms with E-state index in [0.29, 0.717) is 16.4 Å². The number of hydrogen-bond donors (Lipinski definition) is 0. The largest absolute Gasteiger partial charge is 0.284 e. The smallest absolute Gasteiger partial charge is 0.235 e. The maximum absolute atomic E-state index is 6.04. The van der Waals surface area contributed by atoms with Crippen molar-refractivity contribution in [3.8, 4) is 0 Å². The second kappa shape index (κ2) is 2.97. The maximum Gasteiger partial charge on any atom is 0.235 e. The van der Waals surface area contributed by atoms with Crippen LogP contribution in [0.5, 0.6) is 0 Å². The van der Waals surface area contributed by atoms with Gasteiger partial charge in [-0.05, 0) is 6.07 Å². The van der Waals surface area contributed by atoms with Crippen LogP contribution in [0.15, 0.2) is 30.6 Å². The molecule has 0 aliphatic rings. The van der Waals surface area contributed by atoms with Gasteiger partial charge in [-0.15, -0.1) is 0 Å². The van der Waals surface area contributed by atoms with Gasteiger partial charge in [0.15, 0.2) is 0 Å². The van der Waals surface area contributed by atoms with Crippen LogP contribution in [0.3, 0.4) is 0 Å². The zero-order chi connectivity index (χ0) is 10.4. The Balaban J connectivity index is 2.61. The number of nitrogens with zero attached hydrogens (tertiary/aromatic N) is 3. The molecule has 0 atom stereocenters. The fourth-order valence-electron chi connectivity index (χ4n) is 1.64. The van der Waals surface area contributed by atoms with Crippen molar-refractivity contribution in [2.24, 2.45) is 0 Å². The van der Waals surface area contributed by atoms with Gasteiger partial charge in [-0.2, -0.15) is 4.98 Å². The maximum atomic E-state index is 6.04. The van der Waals surface area contributed by atoms with Gasteiger partial charge in [-0.25, -0.2) is 4.98 Å². The Morgan fingerprint density at radius 3 is 3.07 bits per heavy atom. The summed E-state index contributed by atoms with van der Waals surface area (Å²) in [6.07, 6.45) is 3.53. The van der Waals surface area contributed by atoms with Gasteiger partial charge in [-0.3, -0.25) is 4.40 Å². The van der Waals surface area contributed by atoms with Gasteiger partial charge in [0, 0.05) is 17.8 Å². The molecule has 3 nitrogen and oxygen atoms in total. The molecule has 5 heteroatoms. The summed E-state index contributed by atoms with van der Waals surface area (Å²) in [6.45, 7) is 0. The van der Waals surface area contributed by atoms with Crippen LogP contribution in [0.4, 0.5) is 0 Å². The fourth-order valence-corrected chi connectivity index (χ4v) is 1.87. The van der Waals surface area contributed by atoms with Gasteiger partial charge in [-0.1, -0.05) is 29.2 Å². The van der Waals surface area contributed by atoms with E-state index in [2.05, 4.69) is 9.97 Å². The fraction of sp³-hybridized carbons (Fsp3) is 0. The van der Waals surface area contributed by atoms with E-state index in [1.165, 1.54) is 0 Å². The van der Waals surface area contributed by atoms with Crippen LogP contribution in [0, 0.1) is 0 Å². The van der Waals surface area contributed by atoms with E-state index in [0.717, 1.165) is 10.9 Å². The van der Waals surface area contributed by atoms with Crippen molar-refractivity contribution in [2.45, 2.75) is 0 Å². The highest BCUT2D eigenvalue weighted by Gasteiger charge is 2.06.